The fourth-order valence-corrected chi connectivity index (χ4v) is 3.78. The largest absolute Gasteiger partial charge is 0.410 e. The van der Waals surface area contributed by atoms with Crippen LogP contribution in [0.5, 0.6) is 0 Å². The van der Waals surface area contributed by atoms with Crippen molar-refractivity contribution in [3.8, 4) is 0 Å². The lowest BCUT2D eigenvalue weighted by molar-refractivity contribution is 0.318. The van der Waals surface area contributed by atoms with Crippen LogP contribution in [0.15, 0.2) is 68.6 Å². The van der Waals surface area contributed by atoms with Crippen molar-refractivity contribution in [2.75, 3.05) is 0 Å². The zero-order chi connectivity index (χ0) is 18.1. The lowest BCUT2D eigenvalue weighted by atomic mass is 10.2. The molecule has 0 fully saturated rings. The Kier molecular flexibility index (Phi) is 7.88. The van der Waals surface area contributed by atoms with Crippen LogP contribution < -0.4 is 0 Å². The Hall–Kier alpha value is -1.92. The second-order valence-corrected chi connectivity index (χ2v) is 7.96. The number of rotatable bonds is 6. The van der Waals surface area contributed by atoms with E-state index in [0.29, 0.717) is 22.9 Å². The molecular weight excluding hydrogens is 352 g/mol. The average molecular weight is 375 g/mol. The third kappa shape index (κ3) is 6.84. The predicted octanol–water partition coefficient (Wildman–Crippen LogP) is 5.93. The maximum atomic E-state index is 9.21. The lowest BCUT2D eigenvalue weighted by Crippen LogP contribution is -1.98. The van der Waals surface area contributed by atoms with E-state index >= 15 is 0 Å². The molecule has 0 atom stereocenters. The molecule has 0 aliphatic heterocycles. The van der Waals surface area contributed by atoms with Gasteiger partial charge < -0.3 is 10.4 Å². The molecule has 132 valence electrons. The van der Waals surface area contributed by atoms with Crippen LogP contribution in [0.1, 0.15) is 30.4 Å². The van der Waals surface area contributed by atoms with Crippen LogP contribution in [0, 0.1) is 13.8 Å². The molecule has 0 saturated carbocycles. The summed E-state index contributed by atoms with van der Waals surface area (Å²) in [5, 5.41) is 26.5. The van der Waals surface area contributed by atoms with Gasteiger partial charge in [-0.25, -0.2) is 0 Å². The molecule has 6 heteroatoms. The smallest absolute Gasteiger partial charge is 0.117 e. The lowest BCUT2D eigenvalue weighted by Gasteiger charge is -2.06. The molecule has 2 N–H and O–H groups in total. The summed E-state index contributed by atoms with van der Waals surface area (Å²) in [6.45, 7) is 4.08. The minimum atomic E-state index is 0.628. The van der Waals surface area contributed by atoms with Gasteiger partial charge in [0.25, 0.3) is 0 Å². The maximum Gasteiger partial charge on any atom is 0.117 e. The average Bonchev–Trinajstić information content (AvgIpc) is 2.63. The summed E-state index contributed by atoms with van der Waals surface area (Å²) in [4.78, 5) is 2.09. The van der Waals surface area contributed by atoms with Crippen molar-refractivity contribution >= 4 is 33.6 Å². The summed E-state index contributed by atoms with van der Waals surface area (Å²) in [6.07, 6.45) is 2.00. The molecule has 25 heavy (non-hydrogen) atoms. The molecule has 0 saturated heterocycles. The Balaban J connectivity index is 1.82. The summed E-state index contributed by atoms with van der Waals surface area (Å²) in [5.74, 6) is 0. The van der Waals surface area contributed by atoms with E-state index in [1.54, 1.807) is 0 Å². The minimum absolute atomic E-state index is 0.628. The minimum Gasteiger partial charge on any atom is -0.410 e. The molecule has 0 aromatic heterocycles. The summed E-state index contributed by atoms with van der Waals surface area (Å²) >= 11 is 2.91. The zero-order valence-corrected chi connectivity index (χ0v) is 16.0. The SMILES string of the molecule is Cc1ccc(S/C(CCC/C(=N\O)Sc2ccc(C)cc2)=N\O)cc1. The molecule has 0 radical (unpaired) electrons. The summed E-state index contributed by atoms with van der Waals surface area (Å²) in [7, 11) is 0. The van der Waals surface area contributed by atoms with E-state index in [0.717, 1.165) is 16.2 Å². The van der Waals surface area contributed by atoms with E-state index in [1.807, 2.05) is 62.4 Å². The quantitative estimate of drug-likeness (QED) is 0.216. The highest BCUT2D eigenvalue weighted by Crippen LogP contribution is 2.25. The van der Waals surface area contributed by atoms with Crippen molar-refractivity contribution in [1.82, 2.24) is 0 Å². The first kappa shape index (κ1) is 19.4. The van der Waals surface area contributed by atoms with Gasteiger partial charge in [-0.3, -0.25) is 0 Å². The van der Waals surface area contributed by atoms with Crippen molar-refractivity contribution < 1.29 is 10.4 Å². The highest BCUT2D eigenvalue weighted by atomic mass is 32.2. The summed E-state index contributed by atoms with van der Waals surface area (Å²) in [6, 6.07) is 16.2. The van der Waals surface area contributed by atoms with Gasteiger partial charge in [0.2, 0.25) is 0 Å². The first-order valence-electron chi connectivity index (χ1n) is 8.01. The zero-order valence-electron chi connectivity index (χ0n) is 14.3. The van der Waals surface area contributed by atoms with Crippen LogP contribution in [0.2, 0.25) is 0 Å². The topological polar surface area (TPSA) is 65.2 Å². The highest BCUT2D eigenvalue weighted by Gasteiger charge is 2.08. The van der Waals surface area contributed by atoms with Crippen molar-refractivity contribution in [2.24, 2.45) is 10.3 Å². The van der Waals surface area contributed by atoms with E-state index in [2.05, 4.69) is 10.3 Å². The Morgan fingerprint density at radius 3 is 1.40 bits per heavy atom. The monoisotopic (exact) mass is 374 g/mol. The number of thioether (sulfide) groups is 2. The van der Waals surface area contributed by atoms with Crippen LogP contribution in [0.25, 0.3) is 0 Å². The fourth-order valence-electron chi connectivity index (χ4n) is 2.12. The highest BCUT2D eigenvalue weighted by molar-refractivity contribution is 8.14. The van der Waals surface area contributed by atoms with E-state index in [9.17, 15) is 10.4 Å². The van der Waals surface area contributed by atoms with Crippen LogP contribution in [0.4, 0.5) is 0 Å². The first-order chi connectivity index (χ1) is 12.1. The molecule has 0 heterocycles. The molecule has 2 aromatic rings. The molecule has 2 rings (SSSR count). The van der Waals surface area contributed by atoms with Gasteiger partial charge in [-0.1, -0.05) is 69.2 Å². The molecule has 0 spiro atoms. The molecule has 0 bridgehead atoms. The van der Waals surface area contributed by atoms with Crippen molar-refractivity contribution in [2.45, 2.75) is 42.9 Å². The molecule has 0 aliphatic rings. The number of benzene rings is 2. The molecule has 0 aliphatic carbocycles. The van der Waals surface area contributed by atoms with E-state index < -0.39 is 0 Å². The van der Waals surface area contributed by atoms with Crippen LogP contribution >= 0.6 is 23.5 Å². The molecular formula is C19H22N2O2S2. The van der Waals surface area contributed by atoms with Gasteiger partial charge >= 0.3 is 0 Å². The third-order valence-corrected chi connectivity index (χ3v) is 5.58. The van der Waals surface area contributed by atoms with Crippen molar-refractivity contribution in [3.63, 3.8) is 0 Å². The molecule has 0 amide bonds. The second kappa shape index (κ2) is 10.2. The van der Waals surface area contributed by atoms with Gasteiger partial charge in [-0.05, 0) is 57.4 Å². The Bertz CT molecular complexity index is 663. The number of nitrogens with zero attached hydrogens (tertiary/aromatic N) is 2. The second-order valence-electron chi connectivity index (χ2n) is 5.67. The van der Waals surface area contributed by atoms with Crippen molar-refractivity contribution in [3.05, 3.63) is 59.7 Å². The predicted molar refractivity (Wildman–Crippen MR) is 106 cm³/mol. The summed E-state index contributed by atoms with van der Waals surface area (Å²) in [5.41, 5.74) is 2.40. The number of aryl methyl sites for hydroxylation is 2. The normalized spacial score (nSPS) is 12.4. The molecule has 2 aromatic carbocycles. The van der Waals surface area contributed by atoms with E-state index in [4.69, 9.17) is 0 Å². The fraction of sp³-hybridized carbons (Fsp3) is 0.263. The Labute approximate surface area is 157 Å². The van der Waals surface area contributed by atoms with Crippen LogP contribution in [-0.2, 0) is 0 Å². The molecule has 4 nitrogen and oxygen atoms in total. The van der Waals surface area contributed by atoms with Gasteiger partial charge in [0.05, 0.1) is 0 Å². The van der Waals surface area contributed by atoms with Gasteiger partial charge in [-0.2, -0.15) is 0 Å². The first-order valence-corrected chi connectivity index (χ1v) is 9.65. The van der Waals surface area contributed by atoms with Crippen LogP contribution in [-0.4, -0.2) is 20.5 Å². The van der Waals surface area contributed by atoms with Gasteiger partial charge in [0.1, 0.15) is 10.1 Å². The van der Waals surface area contributed by atoms with Gasteiger partial charge in [0.15, 0.2) is 0 Å². The van der Waals surface area contributed by atoms with E-state index in [-0.39, 0.29) is 0 Å². The molecule has 0 unspecified atom stereocenters. The van der Waals surface area contributed by atoms with Crippen molar-refractivity contribution in [1.29, 1.82) is 0 Å². The Morgan fingerprint density at radius 2 is 1.08 bits per heavy atom. The number of hydrogen-bond acceptors (Lipinski definition) is 6. The van der Waals surface area contributed by atoms with E-state index in [1.165, 1.54) is 34.7 Å². The number of hydrogen-bond donors (Lipinski definition) is 2. The Morgan fingerprint density at radius 1 is 0.720 bits per heavy atom. The third-order valence-electron chi connectivity index (χ3n) is 3.52. The van der Waals surface area contributed by atoms with Gasteiger partial charge in [-0.15, -0.1) is 0 Å². The summed E-state index contributed by atoms with van der Waals surface area (Å²) < 4.78 is 0. The standard InChI is InChI=1S/C19H22N2O2S2/c1-14-6-10-16(11-7-14)24-18(20-22)4-3-5-19(21-23)25-17-12-8-15(2)9-13-17/h6-13,22-23H,3-5H2,1-2H3/b20-18-,21-19+. The van der Waals surface area contributed by atoms with Gasteiger partial charge in [0, 0.05) is 9.79 Å². The van der Waals surface area contributed by atoms with Crippen LogP contribution in [0.3, 0.4) is 0 Å². The maximum absolute atomic E-state index is 9.21. The number of oxime groups is 2.